The third-order valence-corrected chi connectivity index (χ3v) is 7.24. The van der Waals surface area contributed by atoms with Gasteiger partial charge in [0.1, 0.15) is 16.5 Å². The number of rotatable bonds is 4. The minimum atomic E-state index is -3.72. The van der Waals surface area contributed by atoms with Gasteiger partial charge in [0.25, 0.3) is 0 Å². The lowest BCUT2D eigenvalue weighted by atomic mass is 10.1. The Labute approximate surface area is 169 Å². The summed E-state index contributed by atoms with van der Waals surface area (Å²) in [6.45, 7) is 5.95. The van der Waals surface area contributed by atoms with Crippen LogP contribution in [0.5, 0.6) is 0 Å². The van der Waals surface area contributed by atoms with E-state index in [1.165, 1.54) is 22.5 Å². The van der Waals surface area contributed by atoms with E-state index in [4.69, 9.17) is 12.2 Å². The molecular weight excluding hydrogens is 399 g/mol. The predicted molar refractivity (Wildman–Crippen MR) is 106 cm³/mol. The molecule has 0 N–H and O–H groups in total. The van der Waals surface area contributed by atoms with E-state index < -0.39 is 15.8 Å². The van der Waals surface area contributed by atoms with Gasteiger partial charge in [-0.2, -0.15) is 9.57 Å². The molecule has 28 heavy (non-hydrogen) atoms. The first-order valence-electron chi connectivity index (χ1n) is 8.83. The van der Waals surface area contributed by atoms with Crippen LogP contribution in [0.25, 0.3) is 0 Å². The quantitative estimate of drug-likeness (QED) is 0.712. The van der Waals surface area contributed by atoms with Crippen LogP contribution in [0.1, 0.15) is 16.8 Å². The molecule has 0 unspecified atom stereocenters. The molecule has 1 aromatic heterocycles. The van der Waals surface area contributed by atoms with E-state index in [-0.39, 0.29) is 4.90 Å². The summed E-state index contributed by atoms with van der Waals surface area (Å²) in [6.07, 6.45) is 0. The van der Waals surface area contributed by atoms with E-state index in [1.807, 2.05) is 24.5 Å². The molecule has 1 aromatic carbocycles. The molecule has 0 spiro atoms. The van der Waals surface area contributed by atoms with Crippen LogP contribution in [-0.4, -0.2) is 48.4 Å². The molecule has 0 aliphatic carbocycles. The first kappa shape index (κ1) is 20.6. The topological polar surface area (TPSA) is 69.3 Å². The molecule has 2 aromatic rings. The van der Waals surface area contributed by atoms with Crippen molar-refractivity contribution in [1.82, 2.24) is 13.8 Å². The predicted octanol–water partition coefficient (Wildman–Crippen LogP) is 2.81. The normalized spacial score (nSPS) is 16.1. The first-order valence-corrected chi connectivity index (χ1v) is 10.7. The van der Waals surface area contributed by atoms with E-state index in [0.29, 0.717) is 43.1 Å². The van der Waals surface area contributed by atoms with Crippen LogP contribution in [-0.2, 0) is 16.7 Å². The van der Waals surface area contributed by atoms with E-state index in [2.05, 4.69) is 11.0 Å². The molecule has 0 amide bonds. The Morgan fingerprint density at radius 3 is 2.46 bits per heavy atom. The molecule has 148 valence electrons. The lowest BCUT2D eigenvalue weighted by Gasteiger charge is -2.34. The molecule has 1 saturated heterocycles. The Hall–Kier alpha value is -2.12. The summed E-state index contributed by atoms with van der Waals surface area (Å²) in [5.74, 6) is -0.572. The number of piperazine rings is 1. The fourth-order valence-corrected chi connectivity index (χ4v) is 5.19. The van der Waals surface area contributed by atoms with Gasteiger partial charge in [-0.25, -0.2) is 12.8 Å². The molecule has 9 heteroatoms. The molecule has 1 fully saturated rings. The second-order valence-electron chi connectivity index (χ2n) is 6.81. The fraction of sp³-hybridized carbons (Fsp3) is 0.368. The second kappa shape index (κ2) is 8.09. The van der Waals surface area contributed by atoms with Crippen LogP contribution in [0.15, 0.2) is 35.2 Å². The number of aromatic nitrogens is 1. The summed E-state index contributed by atoms with van der Waals surface area (Å²) in [5, 5.41) is 9.33. The monoisotopic (exact) mass is 420 g/mol. The van der Waals surface area contributed by atoms with Crippen molar-refractivity contribution < 1.29 is 12.8 Å². The highest BCUT2D eigenvalue weighted by atomic mass is 32.2. The van der Waals surface area contributed by atoms with Gasteiger partial charge >= 0.3 is 0 Å². The number of hydrogen-bond donors (Lipinski definition) is 0. The molecule has 0 saturated carbocycles. The molecule has 0 atom stereocenters. The minimum absolute atomic E-state index is 0.0313. The van der Waals surface area contributed by atoms with Gasteiger partial charge in [0, 0.05) is 31.9 Å². The number of sulfonamides is 1. The van der Waals surface area contributed by atoms with Crippen molar-refractivity contribution in [3.05, 3.63) is 57.6 Å². The van der Waals surface area contributed by atoms with Crippen molar-refractivity contribution in [3.8, 4) is 6.07 Å². The number of nitrogens with zero attached hydrogens (tertiary/aromatic N) is 4. The van der Waals surface area contributed by atoms with Crippen molar-refractivity contribution in [1.29, 1.82) is 5.26 Å². The largest absolute Gasteiger partial charge is 0.322 e. The lowest BCUT2D eigenvalue weighted by molar-refractivity contribution is 0.150. The standard InChI is InChI=1S/C19H21FN4O2S2/c1-14-10-15(2)24(19(27)18(14)12-21)13-22-6-8-23(9-7-22)28(25,26)17-5-3-4-16(20)11-17/h3-5,10-11H,6-9,13H2,1-2H3. The maximum Gasteiger partial charge on any atom is 0.243 e. The highest BCUT2D eigenvalue weighted by Crippen LogP contribution is 2.19. The molecule has 2 heterocycles. The van der Waals surface area contributed by atoms with Crippen LogP contribution in [0.2, 0.25) is 0 Å². The van der Waals surface area contributed by atoms with E-state index >= 15 is 0 Å². The number of aryl methyl sites for hydroxylation is 2. The van der Waals surface area contributed by atoms with Crippen molar-refractivity contribution in [2.45, 2.75) is 25.4 Å². The van der Waals surface area contributed by atoms with Gasteiger partial charge in [0.2, 0.25) is 10.0 Å². The summed E-state index contributed by atoms with van der Waals surface area (Å²) in [4.78, 5) is 2.06. The van der Waals surface area contributed by atoms with Crippen LogP contribution in [0.3, 0.4) is 0 Å². The van der Waals surface area contributed by atoms with Crippen molar-refractivity contribution in [2.75, 3.05) is 26.2 Å². The average molecular weight is 421 g/mol. The third-order valence-electron chi connectivity index (χ3n) is 4.92. The van der Waals surface area contributed by atoms with Gasteiger partial charge < -0.3 is 4.57 Å². The van der Waals surface area contributed by atoms with Gasteiger partial charge in [-0.15, -0.1) is 0 Å². The maximum atomic E-state index is 13.4. The van der Waals surface area contributed by atoms with Gasteiger partial charge in [-0.1, -0.05) is 18.3 Å². The summed E-state index contributed by atoms with van der Waals surface area (Å²) in [7, 11) is -3.72. The molecule has 3 rings (SSSR count). The average Bonchev–Trinajstić information content (AvgIpc) is 2.66. The number of pyridine rings is 1. The second-order valence-corrected chi connectivity index (χ2v) is 9.13. The van der Waals surface area contributed by atoms with E-state index in [1.54, 1.807) is 0 Å². The van der Waals surface area contributed by atoms with Gasteiger partial charge in [0.15, 0.2) is 0 Å². The highest BCUT2D eigenvalue weighted by Gasteiger charge is 2.29. The summed E-state index contributed by atoms with van der Waals surface area (Å²) in [6, 6.07) is 9.15. The van der Waals surface area contributed by atoms with Crippen LogP contribution in [0.4, 0.5) is 4.39 Å². The van der Waals surface area contributed by atoms with Gasteiger partial charge in [-0.05, 0) is 43.7 Å². The van der Waals surface area contributed by atoms with Gasteiger partial charge in [-0.3, -0.25) is 4.90 Å². The van der Waals surface area contributed by atoms with Gasteiger partial charge in [0.05, 0.1) is 17.1 Å². The smallest absolute Gasteiger partial charge is 0.243 e. The van der Waals surface area contributed by atoms with Crippen LogP contribution < -0.4 is 0 Å². The Morgan fingerprint density at radius 1 is 1.18 bits per heavy atom. The zero-order valence-electron chi connectivity index (χ0n) is 15.7. The number of nitriles is 1. The molecule has 0 bridgehead atoms. The summed E-state index contributed by atoms with van der Waals surface area (Å²) in [5.41, 5.74) is 2.30. The first-order chi connectivity index (χ1) is 13.2. The Morgan fingerprint density at radius 2 is 1.86 bits per heavy atom. The summed E-state index contributed by atoms with van der Waals surface area (Å²) >= 11 is 5.47. The zero-order valence-corrected chi connectivity index (χ0v) is 17.4. The molecule has 6 nitrogen and oxygen atoms in total. The SMILES string of the molecule is Cc1cc(C)n(CN2CCN(S(=O)(=O)c3cccc(F)c3)CC2)c(=S)c1C#N. The summed E-state index contributed by atoms with van der Waals surface area (Å²) < 4.78 is 42.6. The molecule has 0 radical (unpaired) electrons. The lowest BCUT2D eigenvalue weighted by Crippen LogP contribution is -2.49. The number of halogens is 1. The van der Waals surface area contributed by atoms with Crippen molar-refractivity contribution in [3.63, 3.8) is 0 Å². The zero-order chi connectivity index (χ0) is 20.5. The Balaban J connectivity index is 1.74. The molecular formula is C19H21FN4O2S2. The van der Waals surface area contributed by atoms with E-state index in [9.17, 15) is 18.1 Å². The third kappa shape index (κ3) is 4.00. The van der Waals surface area contributed by atoms with Crippen molar-refractivity contribution >= 4 is 22.2 Å². The number of benzene rings is 1. The maximum absolute atomic E-state index is 13.4. The van der Waals surface area contributed by atoms with Crippen molar-refractivity contribution in [2.24, 2.45) is 0 Å². The highest BCUT2D eigenvalue weighted by molar-refractivity contribution is 7.89. The minimum Gasteiger partial charge on any atom is -0.322 e. The van der Waals surface area contributed by atoms with E-state index in [0.717, 1.165) is 17.3 Å². The Bertz CT molecular complexity index is 1100. The Kier molecular flexibility index (Phi) is 5.95. The molecule has 1 aliphatic rings. The fourth-order valence-electron chi connectivity index (χ4n) is 3.33. The number of hydrogen-bond acceptors (Lipinski definition) is 5. The van der Waals surface area contributed by atoms with Crippen LogP contribution >= 0.6 is 12.2 Å². The van der Waals surface area contributed by atoms with Crippen LogP contribution in [0, 0.1) is 35.6 Å². The molecule has 1 aliphatic heterocycles.